The van der Waals surface area contributed by atoms with E-state index in [-0.39, 0.29) is 18.5 Å². The van der Waals surface area contributed by atoms with E-state index in [9.17, 15) is 19.8 Å². The summed E-state index contributed by atoms with van der Waals surface area (Å²) >= 11 is 0. The first-order chi connectivity index (χ1) is 42.5. The molecule has 2 atom stereocenters. The highest BCUT2D eigenvalue weighted by molar-refractivity contribution is 5.76. The maximum absolute atomic E-state index is 12.6. The Bertz CT molecular complexity index is 1350. The first kappa shape index (κ1) is 84.3. The van der Waals surface area contributed by atoms with Crippen LogP contribution in [0.4, 0.5) is 0 Å². The molecule has 6 nitrogen and oxygen atoms in total. The predicted molar refractivity (Wildman–Crippen MR) is 380 cm³/mol. The zero-order chi connectivity index (χ0) is 62.0. The summed E-state index contributed by atoms with van der Waals surface area (Å²) in [6.45, 7) is 4.96. The molecule has 0 aliphatic rings. The molecule has 0 fully saturated rings. The van der Waals surface area contributed by atoms with E-state index in [1.54, 1.807) is 6.08 Å². The van der Waals surface area contributed by atoms with Gasteiger partial charge in [-0.15, -0.1) is 0 Å². The van der Waals surface area contributed by atoms with Crippen molar-refractivity contribution < 1.29 is 24.5 Å². The van der Waals surface area contributed by atoms with Gasteiger partial charge in [0.1, 0.15) is 0 Å². The molecule has 510 valence electrons. The van der Waals surface area contributed by atoms with Crippen LogP contribution in [-0.4, -0.2) is 47.4 Å². The van der Waals surface area contributed by atoms with Crippen LogP contribution in [-0.2, 0) is 14.3 Å². The van der Waals surface area contributed by atoms with E-state index in [2.05, 4.69) is 31.3 Å². The number of unbranched alkanes of at least 4 members (excludes halogenated alkanes) is 62. The largest absolute Gasteiger partial charge is 0.466 e. The van der Waals surface area contributed by atoms with Crippen LogP contribution in [0.1, 0.15) is 450 Å². The Balaban J connectivity index is 3.39. The molecule has 0 aliphatic carbocycles. The normalized spacial score (nSPS) is 12.6. The first-order valence-corrected chi connectivity index (χ1v) is 39.6. The fourth-order valence-electron chi connectivity index (χ4n) is 12.7. The van der Waals surface area contributed by atoms with E-state index in [0.29, 0.717) is 19.4 Å². The third-order valence-electron chi connectivity index (χ3n) is 18.7. The van der Waals surface area contributed by atoms with Gasteiger partial charge < -0.3 is 20.3 Å². The monoisotopic (exact) mass is 1210 g/mol. The number of amides is 1. The van der Waals surface area contributed by atoms with Gasteiger partial charge in [-0.05, 0) is 57.8 Å². The standard InChI is InChI=1S/C80H155NO5/c1-3-5-7-9-11-13-15-17-19-21-22-23-24-28-31-34-37-41-44-48-52-56-60-64-68-72-78(83)77(76-82)81-79(84)73-69-65-61-57-53-49-45-42-38-35-32-29-26-25-27-30-33-36-39-43-47-51-55-59-63-67-71-75-86-80(85)74-70-66-62-58-54-50-46-40-20-18-16-14-12-10-8-6-4-2/h25-26,68,72,77-78,82-83H,3-24,27-67,69-71,73-76H2,1-2H3,(H,81,84)/b26-25-,72-68+. The van der Waals surface area contributed by atoms with E-state index in [4.69, 9.17) is 4.74 Å². The average Bonchev–Trinajstić information content (AvgIpc) is 3.57. The van der Waals surface area contributed by atoms with Crippen molar-refractivity contribution >= 4 is 11.9 Å². The zero-order valence-electron chi connectivity index (χ0n) is 58.6. The fourth-order valence-corrected chi connectivity index (χ4v) is 12.7. The van der Waals surface area contributed by atoms with Crippen molar-refractivity contribution in [2.24, 2.45) is 0 Å². The smallest absolute Gasteiger partial charge is 0.305 e. The Labute approximate surface area is 539 Å². The van der Waals surface area contributed by atoms with E-state index in [0.717, 1.165) is 38.5 Å². The molecule has 0 rings (SSSR count). The van der Waals surface area contributed by atoms with Gasteiger partial charge in [-0.2, -0.15) is 0 Å². The lowest BCUT2D eigenvalue weighted by atomic mass is 10.0. The Kier molecular flexibility index (Phi) is 74.3. The molecule has 0 aromatic heterocycles. The first-order valence-electron chi connectivity index (χ1n) is 39.6. The van der Waals surface area contributed by atoms with Gasteiger partial charge in [-0.1, -0.05) is 404 Å². The van der Waals surface area contributed by atoms with Gasteiger partial charge in [0.15, 0.2) is 0 Å². The molecule has 86 heavy (non-hydrogen) atoms. The Morgan fingerprint density at radius 1 is 0.314 bits per heavy atom. The lowest BCUT2D eigenvalue weighted by Gasteiger charge is -2.20. The Morgan fingerprint density at radius 3 is 0.826 bits per heavy atom. The fraction of sp³-hybridized carbons (Fsp3) is 0.925. The van der Waals surface area contributed by atoms with Crippen LogP contribution in [0.5, 0.6) is 0 Å². The summed E-state index contributed by atoms with van der Waals surface area (Å²) in [5.41, 5.74) is 0. The van der Waals surface area contributed by atoms with Crippen molar-refractivity contribution in [3.05, 3.63) is 24.3 Å². The van der Waals surface area contributed by atoms with Gasteiger partial charge in [0.05, 0.1) is 25.4 Å². The summed E-state index contributed by atoms with van der Waals surface area (Å²) in [5.74, 6) is -0.0436. The van der Waals surface area contributed by atoms with Crippen LogP contribution in [0.25, 0.3) is 0 Å². The van der Waals surface area contributed by atoms with Crippen LogP contribution >= 0.6 is 0 Å². The topological polar surface area (TPSA) is 95.9 Å². The van der Waals surface area contributed by atoms with E-state index in [1.165, 1.54) is 385 Å². The number of aliphatic hydroxyl groups excluding tert-OH is 2. The van der Waals surface area contributed by atoms with Crippen molar-refractivity contribution in [1.29, 1.82) is 0 Å². The molecule has 6 heteroatoms. The number of nitrogens with one attached hydrogen (secondary N) is 1. The average molecular weight is 1210 g/mol. The Hall–Kier alpha value is -1.66. The molecule has 0 radical (unpaired) electrons. The van der Waals surface area contributed by atoms with Crippen LogP contribution in [0.3, 0.4) is 0 Å². The van der Waals surface area contributed by atoms with Crippen molar-refractivity contribution in [2.75, 3.05) is 13.2 Å². The molecule has 0 saturated heterocycles. The third-order valence-corrected chi connectivity index (χ3v) is 18.7. The second-order valence-corrected chi connectivity index (χ2v) is 27.4. The highest BCUT2D eigenvalue weighted by Gasteiger charge is 2.18. The molecular formula is C80H155NO5. The number of ether oxygens (including phenoxy) is 1. The minimum absolute atomic E-state index is 0.0199. The number of allylic oxidation sites excluding steroid dienone is 3. The van der Waals surface area contributed by atoms with Crippen molar-refractivity contribution in [2.45, 2.75) is 463 Å². The molecule has 0 bridgehead atoms. The van der Waals surface area contributed by atoms with Crippen molar-refractivity contribution in [1.82, 2.24) is 5.32 Å². The summed E-state index contributed by atoms with van der Waals surface area (Å²) in [6.07, 6.45) is 97.2. The van der Waals surface area contributed by atoms with Gasteiger partial charge in [0.2, 0.25) is 5.91 Å². The number of hydrogen-bond donors (Lipinski definition) is 3. The molecule has 3 N–H and O–H groups in total. The maximum atomic E-state index is 12.6. The number of carbonyl (C=O) groups excluding carboxylic acids is 2. The molecule has 0 spiro atoms. The SMILES string of the molecule is CCCCCCCCCCCCCCCCCCCCCCCCC/C=C/C(O)C(CO)NC(=O)CCCCCCCCCCCCC/C=C\CCCCCCCCCCCCCCOC(=O)CCCCCCCCCCCCCCCCCCC. The van der Waals surface area contributed by atoms with E-state index >= 15 is 0 Å². The van der Waals surface area contributed by atoms with Gasteiger partial charge >= 0.3 is 5.97 Å². The molecule has 0 saturated carbocycles. The van der Waals surface area contributed by atoms with Crippen LogP contribution in [0, 0.1) is 0 Å². The van der Waals surface area contributed by atoms with Gasteiger partial charge in [-0.25, -0.2) is 0 Å². The number of rotatable bonds is 75. The molecular weight excluding hydrogens is 1050 g/mol. The quantitative estimate of drug-likeness (QED) is 0.0320. The van der Waals surface area contributed by atoms with E-state index < -0.39 is 12.1 Å². The maximum Gasteiger partial charge on any atom is 0.305 e. The van der Waals surface area contributed by atoms with Gasteiger partial charge in [-0.3, -0.25) is 9.59 Å². The second kappa shape index (κ2) is 75.8. The summed E-state index contributed by atoms with van der Waals surface area (Å²) in [7, 11) is 0. The molecule has 2 unspecified atom stereocenters. The lowest BCUT2D eigenvalue weighted by Crippen LogP contribution is -2.45. The van der Waals surface area contributed by atoms with Crippen LogP contribution < -0.4 is 5.32 Å². The number of hydrogen-bond acceptors (Lipinski definition) is 5. The zero-order valence-corrected chi connectivity index (χ0v) is 58.6. The number of aliphatic hydroxyl groups is 2. The summed E-state index contributed by atoms with van der Waals surface area (Å²) in [5, 5.41) is 23.3. The molecule has 0 aromatic carbocycles. The van der Waals surface area contributed by atoms with Crippen LogP contribution in [0.2, 0.25) is 0 Å². The number of esters is 1. The second-order valence-electron chi connectivity index (χ2n) is 27.4. The summed E-state index contributed by atoms with van der Waals surface area (Å²) in [4.78, 5) is 24.7. The minimum Gasteiger partial charge on any atom is -0.466 e. The van der Waals surface area contributed by atoms with Gasteiger partial charge in [0, 0.05) is 12.8 Å². The number of carbonyl (C=O) groups is 2. The van der Waals surface area contributed by atoms with E-state index in [1.807, 2.05) is 6.08 Å². The lowest BCUT2D eigenvalue weighted by molar-refractivity contribution is -0.143. The third kappa shape index (κ3) is 71.4. The predicted octanol–water partition coefficient (Wildman–Crippen LogP) is 26.0. The highest BCUT2D eigenvalue weighted by atomic mass is 16.5. The van der Waals surface area contributed by atoms with Gasteiger partial charge in [0.25, 0.3) is 0 Å². The molecule has 0 aromatic rings. The molecule has 0 aliphatic heterocycles. The Morgan fingerprint density at radius 2 is 0.547 bits per heavy atom. The molecule has 1 amide bonds. The minimum atomic E-state index is -0.847. The van der Waals surface area contributed by atoms with Crippen LogP contribution in [0.15, 0.2) is 24.3 Å². The molecule has 0 heterocycles. The van der Waals surface area contributed by atoms with Crippen molar-refractivity contribution in [3.8, 4) is 0 Å². The van der Waals surface area contributed by atoms with Crippen molar-refractivity contribution in [3.63, 3.8) is 0 Å². The highest BCUT2D eigenvalue weighted by Crippen LogP contribution is 2.20. The summed E-state index contributed by atoms with van der Waals surface area (Å²) in [6, 6.07) is -0.630. The summed E-state index contributed by atoms with van der Waals surface area (Å²) < 4.78 is 5.51.